The molecule has 0 bridgehead atoms. The summed E-state index contributed by atoms with van der Waals surface area (Å²) in [5.74, 6) is 0. The summed E-state index contributed by atoms with van der Waals surface area (Å²) in [5, 5.41) is 0. The molecule has 0 saturated carbocycles. The zero-order chi connectivity index (χ0) is 14.8. The van der Waals surface area contributed by atoms with E-state index in [0.717, 1.165) is 6.07 Å². The lowest BCUT2D eigenvalue weighted by atomic mass is 10.2. The molecule has 3 nitrogen and oxygen atoms in total. The van der Waals surface area contributed by atoms with E-state index in [-0.39, 0.29) is 11.4 Å². The van der Waals surface area contributed by atoms with E-state index < -0.39 is 28.0 Å². The van der Waals surface area contributed by atoms with Gasteiger partial charge in [-0.3, -0.25) is 0 Å². The Bertz CT molecular complexity index is 481. The maximum absolute atomic E-state index is 12.5. The lowest BCUT2D eigenvalue weighted by Crippen LogP contribution is -2.27. The maximum atomic E-state index is 12.5. The maximum Gasteiger partial charge on any atom is 0.433 e. The van der Waals surface area contributed by atoms with Crippen LogP contribution in [0.4, 0.5) is 13.2 Å². The van der Waals surface area contributed by atoms with E-state index >= 15 is 0 Å². The van der Waals surface area contributed by atoms with Gasteiger partial charge in [-0.25, -0.2) is 4.98 Å². The molecule has 0 aliphatic rings. The van der Waals surface area contributed by atoms with Crippen LogP contribution in [0.25, 0.3) is 0 Å². The smallest absolute Gasteiger partial charge is 0.433 e. The third-order valence-electron chi connectivity index (χ3n) is 2.15. The molecular weight excluding hydrogens is 277 g/mol. The molecule has 0 spiro atoms. The van der Waals surface area contributed by atoms with E-state index in [4.69, 9.17) is 0 Å². The molecule has 0 aliphatic heterocycles. The summed E-state index contributed by atoms with van der Waals surface area (Å²) >= 11 is -1.53. The van der Waals surface area contributed by atoms with Gasteiger partial charge in [0.2, 0.25) is 0 Å². The first-order chi connectivity index (χ1) is 8.51. The number of alkyl halides is 3. The van der Waals surface area contributed by atoms with Crippen molar-refractivity contribution in [3.63, 3.8) is 0 Å². The largest absolute Gasteiger partial charge is 0.591 e. The van der Waals surface area contributed by atoms with Crippen molar-refractivity contribution in [1.82, 2.24) is 4.98 Å². The summed E-state index contributed by atoms with van der Waals surface area (Å²) in [6, 6.07) is 3.55. The van der Waals surface area contributed by atoms with Crippen molar-refractivity contribution < 1.29 is 17.7 Å². The Kier molecular flexibility index (Phi) is 4.63. The van der Waals surface area contributed by atoms with Crippen molar-refractivity contribution in [1.29, 1.82) is 0 Å². The Morgan fingerprint density at radius 3 is 2.32 bits per heavy atom. The second-order valence-corrected chi connectivity index (χ2v) is 6.85. The number of hydrogen-bond donors (Lipinski definition) is 0. The predicted octanol–water partition coefficient (Wildman–Crippen LogP) is 3.37. The highest BCUT2D eigenvalue weighted by molar-refractivity contribution is 7.91. The predicted molar refractivity (Wildman–Crippen MR) is 69.3 cm³/mol. The van der Waals surface area contributed by atoms with Gasteiger partial charge in [0, 0.05) is 0 Å². The van der Waals surface area contributed by atoms with E-state index in [9.17, 15) is 17.7 Å². The molecule has 1 aromatic heterocycles. The Balaban J connectivity index is 3.07. The highest BCUT2D eigenvalue weighted by atomic mass is 32.2. The topological polar surface area (TPSA) is 48.3 Å². The van der Waals surface area contributed by atoms with Gasteiger partial charge in [-0.15, -0.1) is 0 Å². The van der Waals surface area contributed by atoms with E-state index in [1.807, 2.05) is 0 Å². The fourth-order valence-corrected chi connectivity index (χ4v) is 1.72. The molecule has 1 rings (SSSR count). The molecule has 7 heteroatoms. The fraction of sp³-hybridized carbons (Fsp3) is 0.500. The van der Waals surface area contributed by atoms with Gasteiger partial charge >= 0.3 is 6.18 Å². The zero-order valence-corrected chi connectivity index (χ0v) is 11.9. The average molecular weight is 292 g/mol. The molecule has 1 unspecified atom stereocenters. The van der Waals surface area contributed by atoms with Crippen LogP contribution in [-0.4, -0.2) is 20.0 Å². The number of hydrogen-bond acceptors (Lipinski definition) is 3. The minimum absolute atomic E-state index is 0.0763. The minimum Gasteiger partial charge on any atom is -0.591 e. The molecule has 1 aromatic rings. The van der Waals surface area contributed by atoms with Crippen LogP contribution in [0.1, 0.15) is 39.1 Å². The molecule has 106 valence electrons. The monoisotopic (exact) mass is 292 g/mol. The SMILES string of the molecule is CC(=N[S+]([O-])C(C)(C)C)c1cccc(C(F)(F)F)n1. The molecule has 1 atom stereocenters. The van der Waals surface area contributed by atoms with Crippen molar-refractivity contribution >= 4 is 17.1 Å². The molecule has 0 fully saturated rings. The van der Waals surface area contributed by atoms with Crippen molar-refractivity contribution in [2.45, 2.75) is 38.6 Å². The standard InChI is InChI=1S/C12H15F3N2OS/c1-8(17-19(18)11(2,3)4)9-6-5-7-10(16-9)12(13,14)15/h5-7H,1-4H3. The van der Waals surface area contributed by atoms with Gasteiger partial charge in [-0.1, -0.05) is 10.5 Å². The third kappa shape index (κ3) is 4.50. The van der Waals surface area contributed by atoms with Gasteiger partial charge in [0.25, 0.3) is 0 Å². The summed E-state index contributed by atoms with van der Waals surface area (Å²) in [6.45, 7) is 6.70. The van der Waals surface area contributed by atoms with Gasteiger partial charge in [0.15, 0.2) is 0 Å². The molecular formula is C12H15F3N2OS. The van der Waals surface area contributed by atoms with Crippen molar-refractivity contribution in [3.05, 3.63) is 29.6 Å². The second kappa shape index (κ2) is 5.50. The first kappa shape index (κ1) is 16.0. The molecule has 0 N–H and O–H groups in total. The van der Waals surface area contributed by atoms with Crippen molar-refractivity contribution in [2.75, 3.05) is 0 Å². The number of rotatable bonds is 2. The molecule has 0 aliphatic carbocycles. The molecule has 0 radical (unpaired) electrons. The van der Waals surface area contributed by atoms with Crippen LogP contribution in [0, 0.1) is 0 Å². The average Bonchev–Trinajstić information content (AvgIpc) is 2.26. The number of pyridine rings is 1. The summed E-state index contributed by atoms with van der Waals surface area (Å²) in [7, 11) is 0. The molecule has 19 heavy (non-hydrogen) atoms. The first-order valence-corrected chi connectivity index (χ1v) is 6.64. The van der Waals surface area contributed by atoms with Crippen LogP contribution in [-0.2, 0) is 17.5 Å². The van der Waals surface area contributed by atoms with Gasteiger partial charge in [-0.05, 0) is 39.8 Å². The Labute approximate surface area is 113 Å². The Morgan fingerprint density at radius 2 is 1.84 bits per heavy atom. The number of aromatic nitrogens is 1. The van der Waals surface area contributed by atoms with Gasteiger partial charge in [-0.2, -0.15) is 13.2 Å². The normalized spacial score (nSPS) is 15.5. The van der Waals surface area contributed by atoms with Crippen LogP contribution in [0.5, 0.6) is 0 Å². The van der Waals surface area contributed by atoms with E-state index in [2.05, 4.69) is 9.38 Å². The number of halogens is 3. The van der Waals surface area contributed by atoms with Crippen LogP contribution >= 0.6 is 0 Å². The minimum atomic E-state index is -4.50. The Morgan fingerprint density at radius 1 is 1.26 bits per heavy atom. The molecule has 0 saturated heterocycles. The lowest BCUT2D eigenvalue weighted by molar-refractivity contribution is -0.141. The zero-order valence-electron chi connectivity index (χ0n) is 11.1. The quantitative estimate of drug-likeness (QED) is 0.620. The highest BCUT2D eigenvalue weighted by Gasteiger charge is 2.33. The highest BCUT2D eigenvalue weighted by Crippen LogP contribution is 2.27. The molecule has 0 amide bonds. The number of nitrogens with zero attached hydrogens (tertiary/aromatic N) is 2. The summed E-state index contributed by atoms with van der Waals surface area (Å²) in [4.78, 5) is 3.49. The fourth-order valence-electron chi connectivity index (χ4n) is 1.10. The van der Waals surface area contributed by atoms with Crippen LogP contribution < -0.4 is 0 Å². The van der Waals surface area contributed by atoms with Gasteiger partial charge in [0.05, 0.1) is 5.69 Å². The van der Waals surface area contributed by atoms with Crippen molar-refractivity contribution in [2.24, 2.45) is 4.40 Å². The molecule has 1 heterocycles. The Hall–Kier alpha value is -1.08. The van der Waals surface area contributed by atoms with Gasteiger partial charge < -0.3 is 4.55 Å². The summed E-state index contributed by atoms with van der Waals surface area (Å²) in [6.07, 6.45) is -4.50. The van der Waals surface area contributed by atoms with Crippen LogP contribution in [0.3, 0.4) is 0 Å². The van der Waals surface area contributed by atoms with E-state index in [0.29, 0.717) is 0 Å². The van der Waals surface area contributed by atoms with Gasteiger partial charge in [0.1, 0.15) is 27.5 Å². The van der Waals surface area contributed by atoms with E-state index in [1.165, 1.54) is 19.1 Å². The first-order valence-electron chi connectivity index (χ1n) is 5.54. The van der Waals surface area contributed by atoms with Crippen LogP contribution in [0.15, 0.2) is 22.6 Å². The summed E-state index contributed by atoms with van der Waals surface area (Å²) in [5.41, 5.74) is -0.687. The molecule has 0 aromatic carbocycles. The van der Waals surface area contributed by atoms with Crippen LogP contribution in [0.2, 0.25) is 0 Å². The van der Waals surface area contributed by atoms with E-state index in [1.54, 1.807) is 20.8 Å². The lowest BCUT2D eigenvalue weighted by Gasteiger charge is -2.18. The summed E-state index contributed by atoms with van der Waals surface area (Å²) < 4.78 is 52.7. The van der Waals surface area contributed by atoms with Crippen molar-refractivity contribution in [3.8, 4) is 0 Å². The second-order valence-electron chi connectivity index (χ2n) is 4.94. The third-order valence-corrected chi connectivity index (χ3v) is 3.64.